The van der Waals surface area contributed by atoms with E-state index in [9.17, 15) is 4.39 Å². The molecule has 0 aliphatic heterocycles. The average Bonchev–Trinajstić information content (AvgIpc) is 2.47. The molecule has 0 amide bonds. The smallest absolute Gasteiger partial charge is 0.139 e. The standard InChI is InChI=1S/C18H12ClFN2/c1-3-13-17-12(9-22-18(13)21)7-11(8-14(17)19)16-10(2)5-4-6-15(16)20/h1,4-9H,2H3,(H2,21,22). The van der Waals surface area contributed by atoms with Crippen LogP contribution in [0.2, 0.25) is 5.02 Å². The minimum atomic E-state index is -0.295. The van der Waals surface area contributed by atoms with Crippen molar-refractivity contribution in [1.29, 1.82) is 0 Å². The zero-order valence-electron chi connectivity index (χ0n) is 11.8. The number of anilines is 1. The van der Waals surface area contributed by atoms with Gasteiger partial charge in [-0.05, 0) is 36.2 Å². The van der Waals surface area contributed by atoms with E-state index in [1.807, 2.05) is 19.1 Å². The molecule has 0 atom stereocenters. The predicted molar refractivity (Wildman–Crippen MR) is 89.2 cm³/mol. The van der Waals surface area contributed by atoms with E-state index in [0.29, 0.717) is 27.1 Å². The number of nitrogen functional groups attached to an aromatic ring is 1. The number of terminal acetylenes is 1. The Morgan fingerprint density at radius 2 is 2.09 bits per heavy atom. The first-order valence-electron chi connectivity index (χ1n) is 6.62. The van der Waals surface area contributed by atoms with Crippen LogP contribution in [-0.2, 0) is 0 Å². The highest BCUT2D eigenvalue weighted by Gasteiger charge is 2.14. The highest BCUT2D eigenvalue weighted by molar-refractivity contribution is 6.36. The molecule has 3 rings (SSSR count). The van der Waals surface area contributed by atoms with Gasteiger partial charge in [-0.2, -0.15) is 0 Å². The lowest BCUT2D eigenvalue weighted by molar-refractivity contribution is 0.630. The summed E-state index contributed by atoms with van der Waals surface area (Å²) in [7, 11) is 0. The lowest BCUT2D eigenvalue weighted by Gasteiger charge is -2.12. The molecule has 0 saturated carbocycles. The third-order valence-electron chi connectivity index (χ3n) is 3.62. The normalized spacial score (nSPS) is 10.6. The summed E-state index contributed by atoms with van der Waals surface area (Å²) in [6.45, 7) is 1.85. The van der Waals surface area contributed by atoms with E-state index in [0.717, 1.165) is 10.9 Å². The van der Waals surface area contributed by atoms with Crippen molar-refractivity contribution in [1.82, 2.24) is 4.98 Å². The van der Waals surface area contributed by atoms with Gasteiger partial charge < -0.3 is 5.73 Å². The largest absolute Gasteiger partial charge is 0.383 e. The molecule has 4 heteroatoms. The molecule has 108 valence electrons. The molecule has 0 aliphatic rings. The molecule has 0 radical (unpaired) electrons. The Hall–Kier alpha value is -2.57. The van der Waals surface area contributed by atoms with Crippen molar-refractivity contribution in [2.75, 3.05) is 5.73 Å². The van der Waals surface area contributed by atoms with Crippen LogP contribution in [0.3, 0.4) is 0 Å². The molecule has 2 aromatic carbocycles. The van der Waals surface area contributed by atoms with Crippen LogP contribution in [0, 0.1) is 25.1 Å². The molecule has 2 N–H and O–H groups in total. The molecule has 1 aromatic heterocycles. The number of halogens is 2. The van der Waals surface area contributed by atoms with E-state index in [1.165, 1.54) is 6.07 Å². The number of hydrogen-bond acceptors (Lipinski definition) is 2. The molecule has 0 unspecified atom stereocenters. The summed E-state index contributed by atoms with van der Waals surface area (Å²) in [5, 5.41) is 1.82. The third kappa shape index (κ3) is 2.18. The van der Waals surface area contributed by atoms with Crippen molar-refractivity contribution < 1.29 is 4.39 Å². The zero-order chi connectivity index (χ0) is 15.9. The van der Waals surface area contributed by atoms with Crippen LogP contribution in [0.1, 0.15) is 11.1 Å². The fourth-order valence-corrected chi connectivity index (χ4v) is 2.93. The van der Waals surface area contributed by atoms with E-state index in [-0.39, 0.29) is 11.6 Å². The predicted octanol–water partition coefficient (Wildman–Crippen LogP) is 4.57. The minimum absolute atomic E-state index is 0.256. The highest BCUT2D eigenvalue weighted by Crippen LogP contribution is 2.35. The zero-order valence-corrected chi connectivity index (χ0v) is 12.6. The van der Waals surface area contributed by atoms with Gasteiger partial charge in [-0.25, -0.2) is 9.37 Å². The SMILES string of the molecule is C#Cc1c(N)ncc2cc(-c3c(C)cccc3F)cc(Cl)c12. The molecule has 0 aliphatic carbocycles. The number of aromatic nitrogens is 1. The van der Waals surface area contributed by atoms with E-state index in [1.54, 1.807) is 18.3 Å². The Bertz CT molecular complexity index is 922. The van der Waals surface area contributed by atoms with Crippen molar-refractivity contribution in [3.8, 4) is 23.5 Å². The topological polar surface area (TPSA) is 38.9 Å². The first kappa shape index (κ1) is 14.4. The van der Waals surface area contributed by atoms with E-state index in [2.05, 4.69) is 10.9 Å². The molecule has 0 spiro atoms. The van der Waals surface area contributed by atoms with E-state index < -0.39 is 0 Å². The van der Waals surface area contributed by atoms with Gasteiger partial charge in [0.2, 0.25) is 0 Å². The maximum atomic E-state index is 14.2. The Balaban J connectivity index is 2.37. The number of hydrogen-bond donors (Lipinski definition) is 1. The van der Waals surface area contributed by atoms with Crippen LogP contribution in [-0.4, -0.2) is 4.98 Å². The van der Waals surface area contributed by atoms with Crippen molar-refractivity contribution >= 4 is 28.2 Å². The molecule has 0 fully saturated rings. The summed E-state index contributed by atoms with van der Waals surface area (Å²) in [6, 6.07) is 8.48. The first-order valence-corrected chi connectivity index (χ1v) is 7.00. The van der Waals surface area contributed by atoms with Gasteiger partial charge >= 0.3 is 0 Å². The van der Waals surface area contributed by atoms with Crippen molar-refractivity contribution in [2.45, 2.75) is 6.92 Å². The van der Waals surface area contributed by atoms with Gasteiger partial charge in [0.25, 0.3) is 0 Å². The van der Waals surface area contributed by atoms with E-state index in [4.69, 9.17) is 23.8 Å². The molecule has 3 aromatic rings. The number of benzene rings is 2. The van der Waals surface area contributed by atoms with Gasteiger partial charge in [0.05, 0.1) is 10.6 Å². The van der Waals surface area contributed by atoms with Crippen LogP contribution in [0.15, 0.2) is 36.5 Å². The van der Waals surface area contributed by atoms with Crippen molar-refractivity contribution in [2.24, 2.45) is 0 Å². The summed E-state index contributed by atoms with van der Waals surface area (Å²) in [5.74, 6) is 2.48. The van der Waals surface area contributed by atoms with Gasteiger partial charge in [0.15, 0.2) is 0 Å². The van der Waals surface area contributed by atoms with E-state index >= 15 is 0 Å². The van der Waals surface area contributed by atoms with Crippen LogP contribution in [0.25, 0.3) is 21.9 Å². The lowest BCUT2D eigenvalue weighted by Crippen LogP contribution is -1.97. The fraction of sp³-hybridized carbons (Fsp3) is 0.0556. The molecule has 22 heavy (non-hydrogen) atoms. The number of nitrogens with two attached hydrogens (primary N) is 1. The maximum absolute atomic E-state index is 14.2. The van der Waals surface area contributed by atoms with Gasteiger partial charge in [-0.15, -0.1) is 6.42 Å². The first-order chi connectivity index (χ1) is 10.5. The molecule has 0 bridgehead atoms. The molecular weight excluding hydrogens is 299 g/mol. The Morgan fingerprint density at radius 3 is 2.77 bits per heavy atom. The van der Waals surface area contributed by atoms with Crippen LogP contribution in [0.4, 0.5) is 10.2 Å². The van der Waals surface area contributed by atoms with Gasteiger partial charge in [0.1, 0.15) is 11.6 Å². The number of fused-ring (bicyclic) bond motifs is 1. The Kier molecular flexibility index (Phi) is 3.48. The van der Waals surface area contributed by atoms with Gasteiger partial charge in [-0.3, -0.25) is 0 Å². The van der Waals surface area contributed by atoms with Crippen LogP contribution >= 0.6 is 11.6 Å². The molecular formula is C18H12ClFN2. The lowest BCUT2D eigenvalue weighted by atomic mass is 9.96. The summed E-state index contributed by atoms with van der Waals surface area (Å²) < 4.78 is 14.2. The Morgan fingerprint density at radius 1 is 1.32 bits per heavy atom. The number of nitrogens with zero attached hydrogens (tertiary/aromatic N) is 1. The monoisotopic (exact) mass is 310 g/mol. The summed E-state index contributed by atoms with van der Waals surface area (Å²) in [5.41, 5.74) is 8.28. The average molecular weight is 311 g/mol. The molecule has 0 saturated heterocycles. The number of pyridine rings is 1. The van der Waals surface area contributed by atoms with Crippen molar-refractivity contribution in [3.05, 3.63) is 58.5 Å². The second-order valence-electron chi connectivity index (χ2n) is 5.02. The summed E-state index contributed by atoms with van der Waals surface area (Å²) >= 11 is 6.37. The third-order valence-corrected chi connectivity index (χ3v) is 3.92. The van der Waals surface area contributed by atoms with Gasteiger partial charge in [-0.1, -0.05) is 29.7 Å². The highest BCUT2D eigenvalue weighted by atomic mass is 35.5. The van der Waals surface area contributed by atoms with Gasteiger partial charge in [0, 0.05) is 22.5 Å². The maximum Gasteiger partial charge on any atom is 0.139 e. The van der Waals surface area contributed by atoms with Crippen LogP contribution < -0.4 is 5.73 Å². The van der Waals surface area contributed by atoms with Crippen LogP contribution in [0.5, 0.6) is 0 Å². The summed E-state index contributed by atoms with van der Waals surface area (Å²) in [6.07, 6.45) is 7.09. The second kappa shape index (κ2) is 5.32. The minimum Gasteiger partial charge on any atom is -0.383 e. The Labute approximate surface area is 132 Å². The quantitative estimate of drug-likeness (QED) is 0.669. The number of rotatable bonds is 1. The van der Waals surface area contributed by atoms with Crippen molar-refractivity contribution in [3.63, 3.8) is 0 Å². The molecule has 1 heterocycles. The fourth-order valence-electron chi connectivity index (χ4n) is 2.61. The summed E-state index contributed by atoms with van der Waals surface area (Å²) in [4.78, 5) is 4.08. The second-order valence-corrected chi connectivity index (χ2v) is 5.42. The number of aryl methyl sites for hydroxylation is 1. The molecule has 2 nitrogen and oxygen atoms in total.